The molecule has 1 amide bonds. The number of nitrogens with zero attached hydrogens (tertiary/aromatic N) is 1. The summed E-state index contributed by atoms with van der Waals surface area (Å²) in [7, 11) is 1.96. The number of likely N-dealkylation sites (tertiary alicyclic amines) is 1. The van der Waals surface area contributed by atoms with E-state index >= 15 is 0 Å². The Labute approximate surface area is 85.8 Å². The van der Waals surface area contributed by atoms with Gasteiger partial charge < -0.3 is 10.2 Å². The van der Waals surface area contributed by atoms with Crippen molar-refractivity contribution in [2.24, 2.45) is 0 Å². The zero-order chi connectivity index (χ0) is 10.2. The molecule has 0 aromatic rings. The third kappa shape index (κ3) is 1.44. The Morgan fingerprint density at radius 3 is 3.07 bits per heavy atom. The molecular weight excluding hydrogens is 176 g/mol. The van der Waals surface area contributed by atoms with E-state index in [1.165, 1.54) is 12.8 Å². The molecule has 0 aromatic carbocycles. The second kappa shape index (κ2) is 3.54. The molecule has 3 nitrogen and oxygen atoms in total. The van der Waals surface area contributed by atoms with Crippen molar-refractivity contribution < 1.29 is 4.79 Å². The lowest BCUT2D eigenvalue weighted by Gasteiger charge is -2.47. The summed E-state index contributed by atoms with van der Waals surface area (Å²) in [6.07, 6.45) is 5.35. The van der Waals surface area contributed by atoms with Gasteiger partial charge in [-0.05, 0) is 39.2 Å². The Bertz CT molecular complexity index is 241. The van der Waals surface area contributed by atoms with Crippen LogP contribution < -0.4 is 5.32 Å². The largest absolute Gasteiger partial charge is 0.339 e. The average molecular weight is 196 g/mol. The van der Waals surface area contributed by atoms with Gasteiger partial charge in [-0.15, -0.1) is 0 Å². The first-order valence-electron chi connectivity index (χ1n) is 5.64. The van der Waals surface area contributed by atoms with Gasteiger partial charge in [0.05, 0.1) is 5.54 Å². The molecule has 2 aliphatic heterocycles. The van der Waals surface area contributed by atoms with Gasteiger partial charge >= 0.3 is 0 Å². The number of hydrogen-bond acceptors (Lipinski definition) is 2. The highest BCUT2D eigenvalue weighted by molar-refractivity contribution is 5.78. The quantitative estimate of drug-likeness (QED) is 0.630. The molecule has 2 aliphatic rings. The smallest absolute Gasteiger partial charge is 0.222 e. The van der Waals surface area contributed by atoms with E-state index in [1.54, 1.807) is 0 Å². The van der Waals surface area contributed by atoms with Gasteiger partial charge in [0.15, 0.2) is 0 Å². The Hall–Kier alpha value is -0.570. The summed E-state index contributed by atoms with van der Waals surface area (Å²) in [6.45, 7) is 3.34. The number of nitrogens with one attached hydrogen (secondary N) is 1. The molecule has 2 saturated heterocycles. The van der Waals surface area contributed by atoms with E-state index in [4.69, 9.17) is 0 Å². The van der Waals surface area contributed by atoms with Crippen molar-refractivity contribution in [3.63, 3.8) is 0 Å². The number of piperidine rings is 1. The molecule has 0 spiro atoms. The fourth-order valence-corrected chi connectivity index (χ4v) is 2.81. The molecule has 1 N–H and O–H groups in total. The molecule has 2 fully saturated rings. The molecule has 0 saturated carbocycles. The fourth-order valence-electron chi connectivity index (χ4n) is 2.81. The lowest BCUT2D eigenvalue weighted by molar-refractivity contribution is -0.140. The van der Waals surface area contributed by atoms with Crippen LogP contribution in [0.1, 0.15) is 39.0 Å². The molecule has 2 rings (SSSR count). The second-order valence-corrected chi connectivity index (χ2v) is 4.81. The molecule has 0 bridgehead atoms. The maximum absolute atomic E-state index is 11.7. The zero-order valence-electron chi connectivity index (χ0n) is 9.18. The zero-order valence-corrected chi connectivity index (χ0v) is 9.18. The van der Waals surface area contributed by atoms with Crippen LogP contribution in [0.2, 0.25) is 0 Å². The Morgan fingerprint density at radius 2 is 2.29 bits per heavy atom. The van der Waals surface area contributed by atoms with Crippen molar-refractivity contribution in [2.45, 2.75) is 50.6 Å². The van der Waals surface area contributed by atoms with Gasteiger partial charge in [-0.2, -0.15) is 0 Å². The molecule has 3 heteroatoms. The van der Waals surface area contributed by atoms with Crippen LogP contribution in [0.25, 0.3) is 0 Å². The van der Waals surface area contributed by atoms with Gasteiger partial charge in [0.25, 0.3) is 0 Å². The summed E-state index contributed by atoms with van der Waals surface area (Å²) in [4.78, 5) is 13.6. The number of rotatable bonds is 0. The van der Waals surface area contributed by atoms with Gasteiger partial charge in [-0.3, -0.25) is 4.79 Å². The van der Waals surface area contributed by atoms with Gasteiger partial charge in [-0.25, -0.2) is 0 Å². The number of hydrogen-bond donors (Lipinski definition) is 1. The number of fused-ring (bicyclic) bond motifs is 1. The van der Waals surface area contributed by atoms with Crippen LogP contribution in [0, 0.1) is 0 Å². The van der Waals surface area contributed by atoms with E-state index in [1.807, 2.05) is 11.9 Å². The van der Waals surface area contributed by atoms with Crippen molar-refractivity contribution >= 4 is 5.91 Å². The molecule has 2 atom stereocenters. The minimum atomic E-state index is 0.0613. The Kier molecular flexibility index (Phi) is 2.52. The summed E-state index contributed by atoms with van der Waals surface area (Å²) in [6, 6.07) is 0.507. The van der Waals surface area contributed by atoms with Gasteiger partial charge in [0.2, 0.25) is 5.91 Å². The van der Waals surface area contributed by atoms with Gasteiger partial charge in [-0.1, -0.05) is 0 Å². The number of amides is 1. The van der Waals surface area contributed by atoms with Crippen LogP contribution in [0.3, 0.4) is 0 Å². The van der Waals surface area contributed by atoms with Crippen molar-refractivity contribution in [1.82, 2.24) is 10.2 Å². The third-order valence-electron chi connectivity index (χ3n) is 4.04. The predicted octanol–water partition coefficient (Wildman–Crippen LogP) is 1.14. The molecule has 14 heavy (non-hydrogen) atoms. The average Bonchev–Trinajstić information content (AvgIpc) is 2.36. The van der Waals surface area contributed by atoms with E-state index in [9.17, 15) is 4.79 Å². The van der Waals surface area contributed by atoms with Crippen molar-refractivity contribution in [3.8, 4) is 0 Å². The first kappa shape index (κ1) is 9.97. The first-order chi connectivity index (χ1) is 6.64. The minimum Gasteiger partial charge on any atom is -0.339 e. The third-order valence-corrected chi connectivity index (χ3v) is 4.04. The number of likely N-dealkylation sites (N-methyl/N-ethyl adjacent to an activating group) is 1. The fraction of sp³-hybridized carbons (Fsp3) is 0.909. The van der Waals surface area contributed by atoms with Crippen LogP contribution in [0.15, 0.2) is 0 Å². The van der Waals surface area contributed by atoms with E-state index in [-0.39, 0.29) is 5.54 Å². The SMILES string of the molecule is CN1C(=O)CC[C@H]2NCCCC[C@]21C. The summed E-state index contributed by atoms with van der Waals surface area (Å²) in [5, 5.41) is 3.58. The molecule has 2 heterocycles. The standard InChI is InChI=1S/C11H20N2O/c1-11-7-3-4-8-12-9(11)5-6-10(14)13(11)2/h9,12H,3-8H2,1-2H3/t9-,11-/m1/s1. The van der Waals surface area contributed by atoms with Crippen LogP contribution in [0.4, 0.5) is 0 Å². The summed E-state index contributed by atoms with van der Waals surface area (Å²) >= 11 is 0. The summed E-state index contributed by atoms with van der Waals surface area (Å²) < 4.78 is 0. The van der Waals surface area contributed by atoms with Crippen molar-refractivity contribution in [3.05, 3.63) is 0 Å². The van der Waals surface area contributed by atoms with Crippen LogP contribution in [-0.4, -0.2) is 36.0 Å². The highest BCUT2D eigenvalue weighted by Crippen LogP contribution is 2.33. The number of carbonyl (C=O) groups is 1. The molecule has 0 radical (unpaired) electrons. The van der Waals surface area contributed by atoms with E-state index < -0.39 is 0 Å². The van der Waals surface area contributed by atoms with Gasteiger partial charge in [0.1, 0.15) is 0 Å². The van der Waals surface area contributed by atoms with E-state index in [0.29, 0.717) is 18.4 Å². The van der Waals surface area contributed by atoms with Crippen molar-refractivity contribution in [1.29, 1.82) is 0 Å². The number of carbonyl (C=O) groups excluding carboxylic acids is 1. The molecular formula is C11H20N2O. The van der Waals surface area contributed by atoms with Crippen LogP contribution >= 0.6 is 0 Å². The minimum absolute atomic E-state index is 0.0613. The topological polar surface area (TPSA) is 32.3 Å². The highest BCUT2D eigenvalue weighted by Gasteiger charge is 2.43. The molecule has 0 unspecified atom stereocenters. The highest BCUT2D eigenvalue weighted by atomic mass is 16.2. The lowest BCUT2D eigenvalue weighted by atomic mass is 9.80. The molecule has 0 aliphatic carbocycles. The maximum Gasteiger partial charge on any atom is 0.222 e. The summed E-state index contributed by atoms with van der Waals surface area (Å²) in [5.74, 6) is 0.312. The van der Waals surface area contributed by atoms with Crippen molar-refractivity contribution in [2.75, 3.05) is 13.6 Å². The first-order valence-corrected chi connectivity index (χ1v) is 5.64. The monoisotopic (exact) mass is 196 g/mol. The predicted molar refractivity (Wildman–Crippen MR) is 56.1 cm³/mol. The van der Waals surface area contributed by atoms with E-state index in [2.05, 4.69) is 12.2 Å². The maximum atomic E-state index is 11.7. The Balaban J connectivity index is 2.22. The van der Waals surface area contributed by atoms with E-state index in [0.717, 1.165) is 19.4 Å². The van der Waals surface area contributed by atoms with Crippen LogP contribution in [-0.2, 0) is 4.79 Å². The van der Waals surface area contributed by atoms with Gasteiger partial charge in [0, 0.05) is 19.5 Å². The molecule has 0 aromatic heterocycles. The normalized spacial score (nSPS) is 39.1. The van der Waals surface area contributed by atoms with Crippen LogP contribution in [0.5, 0.6) is 0 Å². The Morgan fingerprint density at radius 1 is 1.50 bits per heavy atom. The lowest BCUT2D eigenvalue weighted by Crippen LogP contribution is -2.62. The molecule has 80 valence electrons. The summed E-state index contributed by atoms with van der Waals surface area (Å²) in [5.41, 5.74) is 0.0613. The second-order valence-electron chi connectivity index (χ2n) is 4.81.